The van der Waals surface area contributed by atoms with Crippen LogP contribution in [0.25, 0.3) is 5.78 Å². The van der Waals surface area contributed by atoms with Crippen molar-refractivity contribution >= 4 is 11.8 Å². The molecule has 0 saturated heterocycles. The summed E-state index contributed by atoms with van der Waals surface area (Å²) in [5.41, 5.74) is 2.47. The molecule has 8 heteroatoms. The number of fused-ring (bicyclic) bond motifs is 2. The number of aromatic nitrogens is 3. The molecular formula is C20H23N5O3. The van der Waals surface area contributed by atoms with E-state index < -0.39 is 0 Å². The molecule has 146 valence electrons. The standard InChI is InChI=1S/C20H23N5O3/c1-2-16(17-12-24-7-3-6-21-19(24)22-17)23-20(27)25-8-9-28-18-5-4-14(13-26)10-15(18)11-25/h3-7,10,12,16,26H,2,8-9,11,13H2,1H3,(H,23,27)/t16-/m0/s1. The lowest BCUT2D eigenvalue weighted by Gasteiger charge is -2.24. The number of amides is 2. The zero-order valence-corrected chi connectivity index (χ0v) is 15.7. The summed E-state index contributed by atoms with van der Waals surface area (Å²) in [6, 6.07) is 7.03. The average Bonchev–Trinajstić information content (AvgIpc) is 3.03. The van der Waals surface area contributed by atoms with E-state index in [1.54, 1.807) is 11.1 Å². The van der Waals surface area contributed by atoms with Crippen LogP contribution in [0.5, 0.6) is 5.75 Å². The normalized spacial score (nSPS) is 14.9. The van der Waals surface area contributed by atoms with Crippen molar-refractivity contribution in [1.29, 1.82) is 0 Å². The van der Waals surface area contributed by atoms with E-state index in [1.807, 2.05) is 48.0 Å². The number of nitrogens with zero attached hydrogens (tertiary/aromatic N) is 4. The molecule has 0 bridgehead atoms. The SMILES string of the molecule is CC[C@H](NC(=O)N1CCOc2ccc(CO)cc2C1)c1cn2cccnc2n1. The molecule has 3 aromatic rings. The summed E-state index contributed by atoms with van der Waals surface area (Å²) in [5, 5.41) is 12.5. The van der Waals surface area contributed by atoms with Gasteiger partial charge in [-0.2, -0.15) is 0 Å². The third kappa shape index (κ3) is 3.63. The number of benzene rings is 1. The van der Waals surface area contributed by atoms with Gasteiger partial charge in [-0.1, -0.05) is 13.0 Å². The molecule has 1 aliphatic heterocycles. The van der Waals surface area contributed by atoms with Crippen LogP contribution >= 0.6 is 0 Å². The molecule has 3 heterocycles. The Balaban J connectivity index is 1.51. The van der Waals surface area contributed by atoms with Gasteiger partial charge in [-0.05, 0) is 30.2 Å². The summed E-state index contributed by atoms with van der Waals surface area (Å²) >= 11 is 0. The molecule has 1 aromatic carbocycles. The van der Waals surface area contributed by atoms with E-state index in [0.717, 1.165) is 22.6 Å². The Labute approximate surface area is 162 Å². The van der Waals surface area contributed by atoms with Crippen LogP contribution < -0.4 is 10.1 Å². The third-order valence-electron chi connectivity index (χ3n) is 4.89. The number of hydrogen-bond acceptors (Lipinski definition) is 5. The summed E-state index contributed by atoms with van der Waals surface area (Å²) in [6.45, 7) is 3.31. The van der Waals surface area contributed by atoms with E-state index in [4.69, 9.17) is 4.74 Å². The zero-order valence-electron chi connectivity index (χ0n) is 15.7. The minimum Gasteiger partial charge on any atom is -0.491 e. The molecular weight excluding hydrogens is 358 g/mol. The number of rotatable bonds is 4. The Morgan fingerprint density at radius 2 is 2.32 bits per heavy atom. The molecule has 0 aliphatic carbocycles. The fourth-order valence-electron chi connectivity index (χ4n) is 3.36. The van der Waals surface area contributed by atoms with E-state index >= 15 is 0 Å². The van der Waals surface area contributed by atoms with Gasteiger partial charge in [0.1, 0.15) is 12.4 Å². The van der Waals surface area contributed by atoms with Crippen LogP contribution in [0.1, 0.15) is 36.2 Å². The Morgan fingerprint density at radius 1 is 1.43 bits per heavy atom. The molecule has 0 fully saturated rings. The molecule has 1 aliphatic rings. The summed E-state index contributed by atoms with van der Waals surface area (Å²) in [4.78, 5) is 23.4. The Kier molecular flexibility index (Phi) is 5.12. The van der Waals surface area contributed by atoms with Crippen molar-refractivity contribution in [1.82, 2.24) is 24.6 Å². The van der Waals surface area contributed by atoms with Gasteiger partial charge >= 0.3 is 6.03 Å². The first-order valence-corrected chi connectivity index (χ1v) is 9.38. The van der Waals surface area contributed by atoms with Crippen LogP contribution in [-0.2, 0) is 13.2 Å². The topological polar surface area (TPSA) is 92.0 Å². The molecule has 0 saturated carbocycles. The lowest BCUT2D eigenvalue weighted by Crippen LogP contribution is -2.42. The number of aliphatic hydroxyl groups excluding tert-OH is 1. The smallest absolute Gasteiger partial charge is 0.318 e. The number of aliphatic hydroxyl groups is 1. The van der Waals surface area contributed by atoms with Crippen molar-refractivity contribution in [2.45, 2.75) is 32.5 Å². The van der Waals surface area contributed by atoms with E-state index in [1.165, 1.54) is 0 Å². The van der Waals surface area contributed by atoms with Crippen LogP contribution in [0.3, 0.4) is 0 Å². The highest BCUT2D eigenvalue weighted by molar-refractivity contribution is 5.75. The van der Waals surface area contributed by atoms with E-state index in [9.17, 15) is 9.90 Å². The molecule has 2 N–H and O–H groups in total. The fourth-order valence-corrected chi connectivity index (χ4v) is 3.36. The number of ether oxygens (including phenoxy) is 1. The maximum Gasteiger partial charge on any atom is 0.318 e. The predicted molar refractivity (Wildman–Crippen MR) is 103 cm³/mol. The molecule has 2 amide bonds. The maximum atomic E-state index is 12.9. The van der Waals surface area contributed by atoms with Gasteiger partial charge in [0.15, 0.2) is 0 Å². The Morgan fingerprint density at radius 3 is 3.11 bits per heavy atom. The van der Waals surface area contributed by atoms with Gasteiger partial charge < -0.3 is 20.1 Å². The van der Waals surface area contributed by atoms with Crippen molar-refractivity contribution in [2.75, 3.05) is 13.2 Å². The largest absolute Gasteiger partial charge is 0.491 e. The van der Waals surface area contributed by atoms with Gasteiger partial charge in [-0.3, -0.25) is 4.40 Å². The van der Waals surface area contributed by atoms with Crippen LogP contribution in [0.2, 0.25) is 0 Å². The summed E-state index contributed by atoms with van der Waals surface area (Å²) in [6.07, 6.45) is 6.19. The lowest BCUT2D eigenvalue weighted by molar-refractivity contribution is 0.183. The molecule has 1 atom stereocenters. The van der Waals surface area contributed by atoms with E-state index in [0.29, 0.717) is 31.9 Å². The molecule has 0 spiro atoms. The summed E-state index contributed by atoms with van der Waals surface area (Å²) < 4.78 is 7.60. The number of carbonyl (C=O) groups is 1. The second kappa shape index (κ2) is 7.85. The highest BCUT2D eigenvalue weighted by atomic mass is 16.5. The molecule has 8 nitrogen and oxygen atoms in total. The molecule has 2 aromatic heterocycles. The second-order valence-corrected chi connectivity index (χ2v) is 6.77. The predicted octanol–water partition coefficient (Wildman–Crippen LogP) is 2.28. The Bertz CT molecular complexity index is 954. The number of carbonyl (C=O) groups excluding carboxylic acids is 1. The highest BCUT2D eigenvalue weighted by Crippen LogP contribution is 2.25. The highest BCUT2D eigenvalue weighted by Gasteiger charge is 2.23. The van der Waals surface area contributed by atoms with Gasteiger partial charge in [0, 0.05) is 24.2 Å². The van der Waals surface area contributed by atoms with Gasteiger partial charge in [-0.15, -0.1) is 0 Å². The molecule has 0 unspecified atom stereocenters. The minimum absolute atomic E-state index is 0.0424. The van der Waals surface area contributed by atoms with Crippen LogP contribution in [0.15, 0.2) is 42.9 Å². The third-order valence-corrected chi connectivity index (χ3v) is 4.89. The van der Waals surface area contributed by atoms with E-state index in [2.05, 4.69) is 15.3 Å². The quantitative estimate of drug-likeness (QED) is 0.723. The monoisotopic (exact) mass is 381 g/mol. The first-order valence-electron chi connectivity index (χ1n) is 9.38. The summed E-state index contributed by atoms with van der Waals surface area (Å²) in [7, 11) is 0. The molecule has 0 radical (unpaired) electrons. The molecule has 28 heavy (non-hydrogen) atoms. The van der Waals surface area contributed by atoms with Crippen LogP contribution in [0, 0.1) is 0 Å². The number of nitrogens with one attached hydrogen (secondary N) is 1. The fraction of sp³-hybridized carbons (Fsp3) is 0.350. The van der Waals surface area contributed by atoms with E-state index in [-0.39, 0.29) is 18.7 Å². The maximum absolute atomic E-state index is 12.9. The van der Waals surface area contributed by atoms with Crippen LogP contribution in [-0.4, -0.2) is 43.6 Å². The first-order chi connectivity index (χ1) is 13.7. The van der Waals surface area contributed by atoms with Gasteiger partial charge in [0.2, 0.25) is 5.78 Å². The van der Waals surface area contributed by atoms with Crippen molar-refractivity contribution in [3.63, 3.8) is 0 Å². The van der Waals surface area contributed by atoms with Crippen molar-refractivity contribution in [3.05, 3.63) is 59.7 Å². The van der Waals surface area contributed by atoms with Gasteiger partial charge in [0.05, 0.1) is 31.4 Å². The number of hydrogen-bond donors (Lipinski definition) is 2. The lowest BCUT2D eigenvalue weighted by atomic mass is 10.1. The van der Waals surface area contributed by atoms with Crippen molar-refractivity contribution < 1.29 is 14.6 Å². The van der Waals surface area contributed by atoms with Gasteiger partial charge in [-0.25, -0.2) is 14.8 Å². The van der Waals surface area contributed by atoms with Crippen molar-refractivity contribution in [2.24, 2.45) is 0 Å². The minimum atomic E-state index is -0.207. The second-order valence-electron chi connectivity index (χ2n) is 6.77. The van der Waals surface area contributed by atoms with Crippen LogP contribution in [0.4, 0.5) is 4.79 Å². The first kappa shape index (κ1) is 18.2. The van der Waals surface area contributed by atoms with Gasteiger partial charge in [0.25, 0.3) is 0 Å². The molecule has 4 rings (SSSR count). The van der Waals surface area contributed by atoms with Crippen molar-refractivity contribution in [3.8, 4) is 5.75 Å². The Hall–Kier alpha value is -3.13. The summed E-state index contributed by atoms with van der Waals surface area (Å²) in [5.74, 6) is 1.37. The zero-order chi connectivity index (χ0) is 19.5. The number of urea groups is 1. The average molecular weight is 381 g/mol. The number of imidazole rings is 1.